The summed E-state index contributed by atoms with van der Waals surface area (Å²) in [6.45, 7) is 5.05. The molecule has 0 amide bonds. The van der Waals surface area contributed by atoms with Crippen LogP contribution in [0.5, 0.6) is 0 Å². The molecule has 0 aliphatic heterocycles. The Balaban J connectivity index is 1.83. The van der Waals surface area contributed by atoms with Crippen LogP contribution in [0, 0.1) is 0 Å². The minimum absolute atomic E-state index is 0.644. The van der Waals surface area contributed by atoms with Gasteiger partial charge in [-0.1, -0.05) is 24.3 Å². The van der Waals surface area contributed by atoms with Gasteiger partial charge >= 0.3 is 0 Å². The molecule has 2 aromatic rings. The monoisotopic (exact) mass is 260 g/mol. The van der Waals surface area contributed by atoms with Gasteiger partial charge in [-0.2, -0.15) is 0 Å². The number of fused-ring (bicyclic) bond motifs is 1. The number of rotatable bonds is 5. The van der Waals surface area contributed by atoms with Gasteiger partial charge in [0, 0.05) is 24.9 Å². The SMILES string of the molecule is C=CCNC(=S)NCCc1cc2ccccc2o1. The molecule has 1 aromatic heterocycles. The zero-order chi connectivity index (χ0) is 12.8. The maximum Gasteiger partial charge on any atom is 0.166 e. The molecule has 0 saturated heterocycles. The molecule has 0 fully saturated rings. The Morgan fingerprint density at radius 1 is 1.33 bits per heavy atom. The summed E-state index contributed by atoms with van der Waals surface area (Å²) < 4.78 is 5.71. The third kappa shape index (κ3) is 3.34. The predicted molar refractivity (Wildman–Crippen MR) is 78.7 cm³/mol. The van der Waals surface area contributed by atoms with E-state index in [0.29, 0.717) is 11.7 Å². The number of furan rings is 1. The first-order chi connectivity index (χ1) is 8.79. The van der Waals surface area contributed by atoms with Crippen LogP contribution in [0.25, 0.3) is 11.0 Å². The molecule has 0 spiro atoms. The molecule has 94 valence electrons. The number of nitrogens with one attached hydrogen (secondary N) is 2. The Bertz CT molecular complexity index is 514. The smallest absolute Gasteiger partial charge is 0.166 e. The first-order valence-corrected chi connectivity index (χ1v) is 6.30. The molecule has 0 bridgehead atoms. The molecule has 1 heterocycles. The first-order valence-electron chi connectivity index (χ1n) is 5.89. The molecular formula is C14H16N2OS. The predicted octanol–water partition coefficient (Wildman–Crippen LogP) is 2.63. The van der Waals surface area contributed by atoms with Crippen LogP contribution in [0.2, 0.25) is 0 Å². The minimum atomic E-state index is 0.644. The molecule has 2 rings (SSSR count). The maximum absolute atomic E-state index is 5.71. The van der Waals surface area contributed by atoms with E-state index in [0.717, 1.165) is 29.7 Å². The third-order valence-electron chi connectivity index (χ3n) is 2.54. The van der Waals surface area contributed by atoms with E-state index < -0.39 is 0 Å². The van der Waals surface area contributed by atoms with E-state index in [4.69, 9.17) is 16.6 Å². The Labute approximate surface area is 112 Å². The highest BCUT2D eigenvalue weighted by Crippen LogP contribution is 2.18. The lowest BCUT2D eigenvalue weighted by atomic mass is 10.2. The number of thiocarbonyl (C=S) groups is 1. The van der Waals surface area contributed by atoms with Gasteiger partial charge in [0.15, 0.2) is 5.11 Å². The summed E-state index contributed by atoms with van der Waals surface area (Å²) in [4.78, 5) is 0. The summed E-state index contributed by atoms with van der Waals surface area (Å²) in [7, 11) is 0. The Kier molecular flexibility index (Phi) is 4.36. The molecular weight excluding hydrogens is 244 g/mol. The highest BCUT2D eigenvalue weighted by Gasteiger charge is 2.02. The largest absolute Gasteiger partial charge is 0.461 e. The highest BCUT2D eigenvalue weighted by molar-refractivity contribution is 7.80. The second-order valence-electron chi connectivity index (χ2n) is 3.93. The van der Waals surface area contributed by atoms with Gasteiger partial charge in [-0.25, -0.2) is 0 Å². The average Bonchev–Trinajstić information content (AvgIpc) is 2.79. The normalized spacial score (nSPS) is 10.2. The van der Waals surface area contributed by atoms with Crippen LogP contribution in [0.3, 0.4) is 0 Å². The fraction of sp³-hybridized carbons (Fsp3) is 0.214. The Morgan fingerprint density at radius 3 is 2.94 bits per heavy atom. The van der Waals surface area contributed by atoms with E-state index in [9.17, 15) is 0 Å². The Hall–Kier alpha value is -1.81. The molecule has 0 atom stereocenters. The summed E-state index contributed by atoms with van der Waals surface area (Å²) in [6, 6.07) is 10.1. The molecule has 0 radical (unpaired) electrons. The molecule has 0 saturated carbocycles. The van der Waals surface area contributed by atoms with Crippen molar-refractivity contribution in [2.45, 2.75) is 6.42 Å². The molecule has 2 N–H and O–H groups in total. The van der Waals surface area contributed by atoms with Gasteiger partial charge in [-0.3, -0.25) is 0 Å². The number of benzene rings is 1. The van der Waals surface area contributed by atoms with Crippen LogP contribution in [-0.2, 0) is 6.42 Å². The van der Waals surface area contributed by atoms with Crippen molar-refractivity contribution < 1.29 is 4.42 Å². The van der Waals surface area contributed by atoms with Gasteiger partial charge in [0.2, 0.25) is 0 Å². The number of para-hydroxylation sites is 1. The second-order valence-corrected chi connectivity index (χ2v) is 4.33. The van der Waals surface area contributed by atoms with Crippen LogP contribution in [-0.4, -0.2) is 18.2 Å². The van der Waals surface area contributed by atoms with Crippen LogP contribution in [0.1, 0.15) is 5.76 Å². The Morgan fingerprint density at radius 2 is 2.17 bits per heavy atom. The quantitative estimate of drug-likeness (QED) is 0.640. The molecule has 4 heteroatoms. The average molecular weight is 260 g/mol. The lowest BCUT2D eigenvalue weighted by Crippen LogP contribution is -2.36. The van der Waals surface area contributed by atoms with Crippen molar-refractivity contribution in [2.75, 3.05) is 13.1 Å². The van der Waals surface area contributed by atoms with Gasteiger partial charge in [-0.05, 0) is 24.4 Å². The summed E-state index contributed by atoms with van der Waals surface area (Å²) in [6.07, 6.45) is 2.58. The molecule has 1 aromatic carbocycles. The van der Waals surface area contributed by atoms with Gasteiger partial charge in [-0.15, -0.1) is 6.58 Å². The highest BCUT2D eigenvalue weighted by atomic mass is 32.1. The van der Waals surface area contributed by atoms with Crippen molar-refractivity contribution in [1.82, 2.24) is 10.6 Å². The van der Waals surface area contributed by atoms with Crippen LogP contribution < -0.4 is 10.6 Å². The van der Waals surface area contributed by atoms with Gasteiger partial charge < -0.3 is 15.1 Å². The summed E-state index contributed by atoms with van der Waals surface area (Å²) in [5.74, 6) is 0.968. The zero-order valence-electron chi connectivity index (χ0n) is 10.1. The van der Waals surface area contributed by atoms with Crippen LogP contribution >= 0.6 is 12.2 Å². The third-order valence-corrected chi connectivity index (χ3v) is 2.83. The lowest BCUT2D eigenvalue weighted by Gasteiger charge is -2.07. The summed E-state index contributed by atoms with van der Waals surface area (Å²) in [5.41, 5.74) is 0.930. The number of hydrogen-bond acceptors (Lipinski definition) is 2. The first kappa shape index (κ1) is 12.6. The zero-order valence-corrected chi connectivity index (χ0v) is 10.9. The van der Waals surface area contributed by atoms with Gasteiger partial charge in [0.1, 0.15) is 11.3 Å². The molecule has 0 aliphatic rings. The molecule has 0 unspecified atom stereocenters. The summed E-state index contributed by atoms with van der Waals surface area (Å²) in [5, 5.41) is 7.92. The van der Waals surface area contributed by atoms with Crippen molar-refractivity contribution in [3.63, 3.8) is 0 Å². The van der Waals surface area contributed by atoms with Gasteiger partial charge in [0.25, 0.3) is 0 Å². The number of hydrogen-bond donors (Lipinski definition) is 2. The van der Waals surface area contributed by atoms with Gasteiger partial charge in [0.05, 0.1) is 0 Å². The van der Waals surface area contributed by atoms with Crippen molar-refractivity contribution in [2.24, 2.45) is 0 Å². The van der Waals surface area contributed by atoms with E-state index in [1.54, 1.807) is 6.08 Å². The van der Waals surface area contributed by atoms with E-state index in [2.05, 4.69) is 23.3 Å². The molecule has 0 aliphatic carbocycles. The fourth-order valence-electron chi connectivity index (χ4n) is 1.69. The van der Waals surface area contributed by atoms with Crippen molar-refractivity contribution in [3.05, 3.63) is 48.7 Å². The van der Waals surface area contributed by atoms with E-state index in [-0.39, 0.29) is 0 Å². The minimum Gasteiger partial charge on any atom is -0.461 e. The van der Waals surface area contributed by atoms with Crippen molar-refractivity contribution in [1.29, 1.82) is 0 Å². The topological polar surface area (TPSA) is 37.2 Å². The van der Waals surface area contributed by atoms with E-state index >= 15 is 0 Å². The maximum atomic E-state index is 5.71. The molecule has 3 nitrogen and oxygen atoms in total. The summed E-state index contributed by atoms with van der Waals surface area (Å²) >= 11 is 5.10. The van der Waals surface area contributed by atoms with E-state index in [1.807, 2.05) is 24.3 Å². The van der Waals surface area contributed by atoms with Crippen LogP contribution in [0.15, 0.2) is 47.4 Å². The molecule has 18 heavy (non-hydrogen) atoms. The second kappa shape index (κ2) is 6.21. The lowest BCUT2D eigenvalue weighted by molar-refractivity contribution is 0.545. The van der Waals surface area contributed by atoms with Crippen molar-refractivity contribution in [3.8, 4) is 0 Å². The standard InChI is InChI=1S/C14H16N2OS/c1-2-8-15-14(18)16-9-7-12-10-11-5-3-4-6-13(11)17-12/h2-6,10H,1,7-9H2,(H2,15,16,18). The fourth-order valence-corrected chi connectivity index (χ4v) is 1.87. The van der Waals surface area contributed by atoms with Crippen LogP contribution in [0.4, 0.5) is 0 Å². The van der Waals surface area contributed by atoms with E-state index in [1.165, 1.54) is 0 Å². The van der Waals surface area contributed by atoms with Crippen molar-refractivity contribution >= 4 is 28.3 Å².